The third-order valence-electron chi connectivity index (χ3n) is 5.31. The van der Waals surface area contributed by atoms with Gasteiger partial charge < -0.3 is 4.42 Å². The predicted molar refractivity (Wildman–Crippen MR) is 117 cm³/mol. The van der Waals surface area contributed by atoms with Crippen molar-refractivity contribution in [3.05, 3.63) is 61.2 Å². The highest BCUT2D eigenvalue weighted by molar-refractivity contribution is 6.07. The average Bonchev–Trinajstić information content (AvgIpc) is 3.46. The molecule has 146 valence electrons. The zero-order valence-corrected chi connectivity index (χ0v) is 16.8. The molecule has 5 nitrogen and oxygen atoms in total. The van der Waals surface area contributed by atoms with E-state index in [9.17, 15) is 0 Å². The Morgan fingerprint density at radius 2 is 1.17 bits per heavy atom. The van der Waals surface area contributed by atoms with Gasteiger partial charge in [-0.15, -0.1) is 0 Å². The smallest absolute Gasteiger partial charge is 0.135 e. The molecule has 0 amide bonds. The van der Waals surface area contributed by atoms with E-state index in [0.717, 1.165) is 70.1 Å². The van der Waals surface area contributed by atoms with Crippen LogP contribution in [0.4, 0.5) is 0 Å². The molecule has 0 fully saturated rings. The average molecular weight is 384 g/mol. The normalized spacial score (nSPS) is 11.7. The molecule has 0 aliphatic rings. The molecule has 5 rings (SSSR count). The largest absolute Gasteiger partial charge is 0.456 e. The van der Waals surface area contributed by atoms with Crippen molar-refractivity contribution in [3.63, 3.8) is 0 Å². The van der Waals surface area contributed by atoms with Gasteiger partial charge in [-0.3, -0.25) is 9.36 Å². The van der Waals surface area contributed by atoms with Crippen molar-refractivity contribution >= 4 is 21.9 Å². The highest BCUT2D eigenvalue weighted by Crippen LogP contribution is 2.34. The van der Waals surface area contributed by atoms with Gasteiger partial charge in [0.15, 0.2) is 0 Å². The van der Waals surface area contributed by atoms with E-state index in [1.807, 2.05) is 21.8 Å². The van der Waals surface area contributed by atoms with Crippen LogP contribution in [0.5, 0.6) is 0 Å². The van der Waals surface area contributed by atoms with E-state index in [-0.39, 0.29) is 0 Å². The molecule has 5 heteroatoms. The Bertz CT molecular complexity index is 1190. The minimum atomic E-state index is 0.906. The second-order valence-electron chi connectivity index (χ2n) is 7.51. The van der Waals surface area contributed by atoms with E-state index < -0.39 is 0 Å². The van der Waals surface area contributed by atoms with Crippen LogP contribution < -0.4 is 0 Å². The molecule has 0 saturated heterocycles. The molecule has 0 aliphatic carbocycles. The Morgan fingerprint density at radius 1 is 0.690 bits per heavy atom. The maximum absolute atomic E-state index is 6.08. The van der Waals surface area contributed by atoms with Crippen molar-refractivity contribution < 1.29 is 4.42 Å². The molecule has 0 N–H and O–H groups in total. The maximum Gasteiger partial charge on any atom is 0.135 e. The van der Waals surface area contributed by atoms with Crippen molar-refractivity contribution in [2.45, 2.75) is 39.8 Å². The van der Waals surface area contributed by atoms with E-state index in [0.29, 0.717) is 0 Å². The number of aryl methyl sites for hydroxylation is 2. The Morgan fingerprint density at radius 3 is 1.62 bits per heavy atom. The molecule has 0 radical (unpaired) electrons. The van der Waals surface area contributed by atoms with Crippen LogP contribution in [0.3, 0.4) is 0 Å². The molecule has 2 aromatic carbocycles. The third-order valence-corrected chi connectivity index (χ3v) is 5.31. The Balaban J connectivity index is 1.58. The van der Waals surface area contributed by atoms with E-state index in [1.54, 1.807) is 0 Å². The fraction of sp³-hybridized carbons (Fsp3) is 0.250. The molecule has 5 aromatic rings. The highest BCUT2D eigenvalue weighted by Gasteiger charge is 2.11. The van der Waals surface area contributed by atoms with Crippen LogP contribution in [-0.2, 0) is 13.1 Å². The van der Waals surface area contributed by atoms with Gasteiger partial charge in [0, 0.05) is 47.4 Å². The zero-order valence-electron chi connectivity index (χ0n) is 16.8. The number of hydrogen-bond donors (Lipinski definition) is 0. The lowest BCUT2D eigenvalue weighted by molar-refractivity contribution is 0.603. The minimum absolute atomic E-state index is 0.906. The second kappa shape index (κ2) is 7.24. The van der Waals surface area contributed by atoms with Crippen LogP contribution in [0.15, 0.2) is 65.6 Å². The summed E-state index contributed by atoms with van der Waals surface area (Å²) in [7, 11) is 0. The first-order valence-corrected chi connectivity index (χ1v) is 10.3. The topological polar surface area (TPSA) is 48.8 Å². The monoisotopic (exact) mass is 384 g/mol. The van der Waals surface area contributed by atoms with Crippen molar-refractivity contribution in [3.8, 4) is 22.3 Å². The Labute approximate surface area is 169 Å². The van der Waals surface area contributed by atoms with Crippen LogP contribution in [-0.4, -0.2) is 19.6 Å². The molecule has 0 bridgehead atoms. The highest BCUT2D eigenvalue weighted by atomic mass is 16.3. The van der Waals surface area contributed by atoms with Gasteiger partial charge in [0.05, 0.1) is 12.4 Å². The number of hydrogen-bond acceptors (Lipinski definition) is 3. The molecule has 3 heterocycles. The first-order chi connectivity index (χ1) is 14.2. The SMILES string of the molecule is CCCn1cc(-c2ccc3oc4ccc(-c5cnn(CCC)c5)cc4c3c2)cn1. The van der Waals surface area contributed by atoms with Gasteiger partial charge in [-0.1, -0.05) is 26.0 Å². The van der Waals surface area contributed by atoms with E-state index in [1.165, 1.54) is 0 Å². The van der Waals surface area contributed by atoms with E-state index in [4.69, 9.17) is 4.42 Å². The van der Waals surface area contributed by atoms with Gasteiger partial charge in [-0.2, -0.15) is 10.2 Å². The molecule has 0 unspecified atom stereocenters. The number of benzene rings is 2. The number of aromatic nitrogens is 4. The maximum atomic E-state index is 6.08. The van der Waals surface area contributed by atoms with E-state index in [2.05, 4.69) is 72.8 Å². The van der Waals surface area contributed by atoms with Crippen LogP contribution in [0, 0.1) is 0 Å². The van der Waals surface area contributed by atoms with Crippen LogP contribution >= 0.6 is 0 Å². The van der Waals surface area contributed by atoms with Crippen molar-refractivity contribution in [1.82, 2.24) is 19.6 Å². The van der Waals surface area contributed by atoms with Gasteiger partial charge in [-0.05, 0) is 48.2 Å². The van der Waals surface area contributed by atoms with E-state index >= 15 is 0 Å². The lowest BCUT2D eigenvalue weighted by Gasteiger charge is -2.00. The Hall–Kier alpha value is -3.34. The Kier molecular flexibility index (Phi) is 4.43. The number of fused-ring (bicyclic) bond motifs is 3. The van der Waals surface area contributed by atoms with Gasteiger partial charge in [0.25, 0.3) is 0 Å². The summed E-state index contributed by atoms with van der Waals surface area (Å²) in [6, 6.07) is 12.7. The number of nitrogens with zero attached hydrogens (tertiary/aromatic N) is 4. The fourth-order valence-electron chi connectivity index (χ4n) is 3.86. The standard InChI is InChI=1S/C24H24N4O/c1-3-9-27-15-19(13-25-27)17-5-7-23-21(11-17)22-12-18(6-8-24(22)29-23)20-14-26-28(16-20)10-4-2/h5-8,11-16H,3-4,9-10H2,1-2H3. The zero-order chi connectivity index (χ0) is 19.8. The molecule has 0 aliphatic heterocycles. The second-order valence-corrected chi connectivity index (χ2v) is 7.51. The molecule has 0 saturated carbocycles. The van der Waals surface area contributed by atoms with Gasteiger partial charge >= 0.3 is 0 Å². The molecule has 0 spiro atoms. The molecular formula is C24H24N4O. The van der Waals surface area contributed by atoms with Crippen molar-refractivity contribution in [2.24, 2.45) is 0 Å². The van der Waals surface area contributed by atoms with Gasteiger partial charge in [0.1, 0.15) is 11.2 Å². The molecule has 0 atom stereocenters. The van der Waals surface area contributed by atoms with Crippen LogP contribution in [0.1, 0.15) is 26.7 Å². The number of furan rings is 1. The fourth-order valence-corrected chi connectivity index (χ4v) is 3.86. The molecule has 3 aromatic heterocycles. The summed E-state index contributed by atoms with van der Waals surface area (Å²) < 4.78 is 10.1. The first-order valence-electron chi connectivity index (χ1n) is 10.3. The van der Waals surface area contributed by atoms with Crippen molar-refractivity contribution in [2.75, 3.05) is 0 Å². The first kappa shape index (κ1) is 17.7. The summed E-state index contributed by atoms with van der Waals surface area (Å²) in [5, 5.41) is 11.2. The summed E-state index contributed by atoms with van der Waals surface area (Å²) in [4.78, 5) is 0. The summed E-state index contributed by atoms with van der Waals surface area (Å²) in [6.45, 7) is 6.20. The quantitative estimate of drug-likeness (QED) is 0.354. The van der Waals surface area contributed by atoms with Crippen LogP contribution in [0.25, 0.3) is 44.2 Å². The summed E-state index contributed by atoms with van der Waals surface area (Å²) >= 11 is 0. The van der Waals surface area contributed by atoms with Gasteiger partial charge in [-0.25, -0.2) is 0 Å². The van der Waals surface area contributed by atoms with Crippen LogP contribution in [0.2, 0.25) is 0 Å². The van der Waals surface area contributed by atoms with Gasteiger partial charge in [0.2, 0.25) is 0 Å². The number of rotatable bonds is 6. The molecule has 29 heavy (non-hydrogen) atoms. The lowest BCUT2D eigenvalue weighted by atomic mass is 10.0. The lowest BCUT2D eigenvalue weighted by Crippen LogP contribution is -1.95. The van der Waals surface area contributed by atoms with Crippen molar-refractivity contribution in [1.29, 1.82) is 0 Å². The third kappa shape index (κ3) is 3.23. The summed E-state index contributed by atoms with van der Waals surface area (Å²) in [5.74, 6) is 0. The predicted octanol–water partition coefficient (Wildman–Crippen LogP) is 6.13. The molecular weight excluding hydrogens is 360 g/mol. The summed E-state index contributed by atoms with van der Waals surface area (Å²) in [5.41, 5.74) is 6.39. The summed E-state index contributed by atoms with van der Waals surface area (Å²) in [6.07, 6.45) is 10.2. The minimum Gasteiger partial charge on any atom is -0.456 e.